The fourth-order valence-electron chi connectivity index (χ4n) is 4.18. The minimum atomic E-state index is -0.299. The second-order valence-electron chi connectivity index (χ2n) is 9.58. The third-order valence-electron chi connectivity index (χ3n) is 6.30. The van der Waals surface area contributed by atoms with Crippen LogP contribution in [-0.4, -0.2) is 11.9 Å². The molecule has 0 fully saturated rings. The van der Waals surface area contributed by atoms with Crippen LogP contribution < -0.4 is 10.6 Å². The van der Waals surface area contributed by atoms with Gasteiger partial charge in [-0.2, -0.15) is 0 Å². The van der Waals surface area contributed by atoms with Crippen LogP contribution in [0.3, 0.4) is 0 Å². The summed E-state index contributed by atoms with van der Waals surface area (Å²) in [5.74, 6) is 0.0733. The second-order valence-corrected chi connectivity index (χ2v) is 9.58. The van der Waals surface area contributed by atoms with Crippen LogP contribution in [-0.2, 0) is 9.63 Å². The van der Waals surface area contributed by atoms with Crippen LogP contribution in [0.5, 0.6) is 0 Å². The maximum Gasteiger partial charge on any atom is 0.335 e. The molecule has 0 saturated heterocycles. The minimum Gasteiger partial charge on any atom is -0.323 e. The van der Waals surface area contributed by atoms with Crippen molar-refractivity contribution in [2.75, 3.05) is 10.6 Å². The van der Waals surface area contributed by atoms with Crippen LogP contribution in [0.4, 0.5) is 11.4 Å². The van der Waals surface area contributed by atoms with Crippen LogP contribution in [0, 0.1) is 0 Å². The lowest BCUT2D eigenvalue weighted by Crippen LogP contribution is -2.23. The molecule has 0 unspecified atom stereocenters. The number of nitrogens with zero attached hydrogens (tertiary/aromatic N) is 1. The summed E-state index contributed by atoms with van der Waals surface area (Å²) in [6.07, 6.45) is 20.0. The van der Waals surface area contributed by atoms with Gasteiger partial charge in [0.25, 0.3) is 0 Å². The fraction of sp³-hybridized carbons (Fsp3) is 0.548. The van der Waals surface area contributed by atoms with Gasteiger partial charge >= 0.3 is 5.97 Å². The zero-order chi connectivity index (χ0) is 25.5. The molecule has 2 aromatic carbocycles. The monoisotopic (exact) mass is 493 g/mol. The first-order chi connectivity index (χ1) is 17.8. The van der Waals surface area contributed by atoms with E-state index in [4.69, 9.17) is 4.84 Å². The molecular weight excluding hydrogens is 446 g/mol. The molecule has 0 radical (unpaired) electrons. The van der Waals surface area contributed by atoms with Crippen molar-refractivity contribution in [1.29, 1.82) is 0 Å². The predicted molar refractivity (Wildman–Crippen MR) is 153 cm³/mol. The standard InChI is InChI=1S/C31H47N3O2/c1-2-3-4-5-6-7-8-9-10-11-12-13-14-15-22-27-30(35)36-34-31(32-28-23-18-16-19-24-28)33-29-25-20-17-21-26-29/h16-21,23-26H,2-15,22,27H2,1H3,(H2,32,33,34). The Morgan fingerprint density at radius 2 is 1.00 bits per heavy atom. The van der Waals surface area contributed by atoms with Gasteiger partial charge in [-0.15, -0.1) is 0 Å². The third-order valence-corrected chi connectivity index (χ3v) is 6.30. The molecule has 0 bridgehead atoms. The number of hydrogen-bond donors (Lipinski definition) is 2. The molecular formula is C31H47N3O2. The number of hydrogen-bond acceptors (Lipinski definition) is 3. The van der Waals surface area contributed by atoms with Gasteiger partial charge in [0.15, 0.2) is 0 Å². The normalized spacial score (nSPS) is 10.6. The average molecular weight is 494 g/mol. The molecule has 5 nitrogen and oxygen atoms in total. The first kappa shape index (κ1) is 29.4. The molecule has 0 aliphatic rings. The molecule has 0 saturated carbocycles. The number of oxime groups is 1. The molecule has 2 N–H and O–H groups in total. The Bertz CT molecular complexity index is 781. The lowest BCUT2D eigenvalue weighted by Gasteiger charge is -2.11. The zero-order valence-corrected chi connectivity index (χ0v) is 22.4. The van der Waals surface area contributed by atoms with Crippen LogP contribution in [0.15, 0.2) is 65.8 Å². The van der Waals surface area contributed by atoms with E-state index in [1.807, 2.05) is 60.7 Å². The molecule has 36 heavy (non-hydrogen) atoms. The van der Waals surface area contributed by atoms with Crippen LogP contribution in [0.1, 0.15) is 110 Å². The number of guanidine groups is 1. The fourth-order valence-corrected chi connectivity index (χ4v) is 4.18. The number of rotatable bonds is 19. The van der Waals surface area contributed by atoms with E-state index in [1.54, 1.807) is 0 Å². The topological polar surface area (TPSA) is 62.7 Å². The van der Waals surface area contributed by atoms with Gasteiger partial charge in [-0.1, -0.05) is 133 Å². The highest BCUT2D eigenvalue weighted by Gasteiger charge is 2.06. The molecule has 5 heteroatoms. The van der Waals surface area contributed by atoms with Gasteiger partial charge in [0.1, 0.15) is 0 Å². The molecule has 0 aliphatic carbocycles. The molecule has 2 aromatic rings. The summed E-state index contributed by atoms with van der Waals surface area (Å²) in [7, 11) is 0. The molecule has 2 rings (SSSR count). The molecule has 0 aliphatic heterocycles. The third kappa shape index (κ3) is 15.2. The van der Waals surface area contributed by atoms with Gasteiger partial charge in [-0.05, 0) is 35.8 Å². The van der Waals surface area contributed by atoms with Crippen molar-refractivity contribution < 1.29 is 9.63 Å². The van der Waals surface area contributed by atoms with Crippen molar-refractivity contribution >= 4 is 23.3 Å². The first-order valence-corrected chi connectivity index (χ1v) is 14.2. The van der Waals surface area contributed by atoms with Crippen molar-refractivity contribution in [1.82, 2.24) is 0 Å². The van der Waals surface area contributed by atoms with Crippen molar-refractivity contribution in [3.05, 3.63) is 60.7 Å². The Labute approximate surface area is 219 Å². The number of carbonyl (C=O) groups excluding carboxylic acids is 1. The summed E-state index contributed by atoms with van der Waals surface area (Å²) in [6.45, 7) is 2.27. The Morgan fingerprint density at radius 1 is 0.611 bits per heavy atom. The van der Waals surface area contributed by atoms with E-state index in [1.165, 1.54) is 83.5 Å². The summed E-state index contributed by atoms with van der Waals surface area (Å²) in [5.41, 5.74) is 1.72. The highest BCUT2D eigenvalue weighted by molar-refractivity contribution is 6.03. The van der Waals surface area contributed by atoms with E-state index in [2.05, 4.69) is 22.7 Å². The van der Waals surface area contributed by atoms with Gasteiger partial charge in [0, 0.05) is 17.8 Å². The van der Waals surface area contributed by atoms with Crippen molar-refractivity contribution in [3.63, 3.8) is 0 Å². The molecule has 198 valence electrons. The Morgan fingerprint density at radius 3 is 1.42 bits per heavy atom. The number of benzene rings is 2. The van der Waals surface area contributed by atoms with E-state index in [0.717, 1.165) is 24.2 Å². The van der Waals surface area contributed by atoms with E-state index in [9.17, 15) is 4.79 Å². The summed E-state index contributed by atoms with van der Waals surface area (Å²) in [6, 6.07) is 19.4. The Kier molecular flexibility index (Phi) is 16.6. The average Bonchev–Trinajstić information content (AvgIpc) is 2.90. The molecule has 0 amide bonds. The lowest BCUT2D eigenvalue weighted by atomic mass is 10.0. The van der Waals surface area contributed by atoms with Gasteiger partial charge in [0.2, 0.25) is 5.96 Å². The quantitative estimate of drug-likeness (QED) is 0.0673. The van der Waals surface area contributed by atoms with Gasteiger partial charge in [-0.25, -0.2) is 4.79 Å². The van der Waals surface area contributed by atoms with Gasteiger partial charge in [0.05, 0.1) is 0 Å². The van der Waals surface area contributed by atoms with Crippen LogP contribution >= 0.6 is 0 Å². The molecule has 0 atom stereocenters. The maximum absolute atomic E-state index is 12.2. The van der Waals surface area contributed by atoms with E-state index in [-0.39, 0.29) is 5.97 Å². The summed E-state index contributed by atoms with van der Waals surface area (Å²) >= 11 is 0. The van der Waals surface area contributed by atoms with E-state index in [0.29, 0.717) is 12.4 Å². The van der Waals surface area contributed by atoms with E-state index >= 15 is 0 Å². The van der Waals surface area contributed by atoms with E-state index < -0.39 is 0 Å². The molecule has 0 heterocycles. The number of unbranched alkanes of at least 4 members (excludes halogenated alkanes) is 14. The molecule has 0 aromatic heterocycles. The maximum atomic E-state index is 12.2. The first-order valence-electron chi connectivity index (χ1n) is 14.2. The van der Waals surface area contributed by atoms with Crippen LogP contribution in [0.25, 0.3) is 0 Å². The minimum absolute atomic E-state index is 0.299. The SMILES string of the molecule is CCCCCCCCCCCCCCCCCC(=O)ON=C(Nc1ccccc1)Nc1ccccc1. The largest absolute Gasteiger partial charge is 0.335 e. The summed E-state index contributed by atoms with van der Waals surface area (Å²) < 4.78 is 0. The van der Waals surface area contributed by atoms with Crippen molar-refractivity contribution in [2.24, 2.45) is 5.16 Å². The smallest absolute Gasteiger partial charge is 0.323 e. The zero-order valence-electron chi connectivity index (χ0n) is 22.4. The lowest BCUT2D eigenvalue weighted by molar-refractivity contribution is -0.143. The summed E-state index contributed by atoms with van der Waals surface area (Å²) in [4.78, 5) is 17.4. The van der Waals surface area contributed by atoms with Crippen LogP contribution in [0.2, 0.25) is 0 Å². The number of nitrogens with one attached hydrogen (secondary N) is 2. The second kappa shape index (κ2) is 20.4. The Balaban J connectivity index is 1.53. The Hall–Kier alpha value is -2.82. The van der Waals surface area contributed by atoms with Gasteiger partial charge < -0.3 is 15.5 Å². The summed E-state index contributed by atoms with van der Waals surface area (Å²) in [5, 5.41) is 10.4. The molecule has 0 spiro atoms. The number of carbonyl (C=O) groups is 1. The van der Waals surface area contributed by atoms with Gasteiger partial charge in [-0.3, -0.25) is 0 Å². The van der Waals surface area contributed by atoms with Crippen molar-refractivity contribution in [3.8, 4) is 0 Å². The number of anilines is 2. The van der Waals surface area contributed by atoms with Crippen molar-refractivity contribution in [2.45, 2.75) is 110 Å². The highest BCUT2D eigenvalue weighted by Crippen LogP contribution is 2.14. The predicted octanol–water partition coefficient (Wildman–Crippen LogP) is 9.29. The number of para-hydroxylation sites is 2. The highest BCUT2D eigenvalue weighted by atomic mass is 16.7.